The van der Waals surface area contributed by atoms with E-state index in [0.717, 1.165) is 26.2 Å². The Balaban J connectivity index is 1.83. The highest BCUT2D eigenvalue weighted by atomic mass is 32.2. The molecule has 3 nitrogen and oxygen atoms in total. The molecule has 10 heteroatoms. The van der Waals surface area contributed by atoms with E-state index < -0.39 is 44.8 Å². The van der Waals surface area contributed by atoms with Gasteiger partial charge in [0.15, 0.2) is 14.3 Å². The fourth-order valence-corrected chi connectivity index (χ4v) is 6.12. The molecule has 1 aromatic heterocycles. The lowest BCUT2D eigenvalue weighted by atomic mass is 10.2. The van der Waals surface area contributed by atoms with Gasteiger partial charge in [0.25, 0.3) is 6.10 Å². The Hall–Kier alpha value is -2.56. The lowest BCUT2D eigenvalue weighted by Crippen LogP contribution is -2.51. The summed E-state index contributed by atoms with van der Waals surface area (Å²) in [5.74, 6) is -0.473. The van der Waals surface area contributed by atoms with Crippen molar-refractivity contribution in [3.63, 3.8) is 0 Å². The Morgan fingerprint density at radius 3 is 1.90 bits per heavy atom. The minimum absolute atomic E-state index is 0.473. The van der Waals surface area contributed by atoms with E-state index in [-0.39, 0.29) is 0 Å². The van der Waals surface area contributed by atoms with Gasteiger partial charge in [-0.25, -0.2) is 4.21 Å². The third-order valence-electron chi connectivity index (χ3n) is 4.63. The van der Waals surface area contributed by atoms with E-state index in [1.54, 1.807) is 6.07 Å². The van der Waals surface area contributed by atoms with Crippen LogP contribution in [0.2, 0.25) is 0 Å². The second-order valence-corrected chi connectivity index (χ2v) is 9.63. The zero-order valence-electron chi connectivity index (χ0n) is 15.5. The smallest absolute Gasteiger partial charge is 0.432 e. The van der Waals surface area contributed by atoms with Crippen molar-refractivity contribution in [1.29, 1.82) is 0 Å². The molecule has 0 aliphatic carbocycles. The number of thiophene rings is 1. The van der Waals surface area contributed by atoms with E-state index >= 15 is 0 Å². The first-order valence-corrected chi connectivity index (χ1v) is 11.2. The SMILES string of the molecule is O=S(O)C(F)(F)C(Oc1cccc(-[s+]2c3ccccc3c3ccccc32)c1)C(F)(F)F. The van der Waals surface area contributed by atoms with Crippen LogP contribution in [0.25, 0.3) is 25.1 Å². The molecule has 4 aromatic rings. The second-order valence-electron chi connectivity index (χ2n) is 6.62. The molecule has 0 saturated heterocycles. The molecule has 2 unspecified atom stereocenters. The number of benzene rings is 3. The number of hydrogen-bond acceptors (Lipinski definition) is 2. The van der Waals surface area contributed by atoms with E-state index in [1.165, 1.54) is 12.1 Å². The zero-order valence-corrected chi connectivity index (χ0v) is 17.1. The molecular formula is C21H14F5O3S2+. The predicted molar refractivity (Wildman–Crippen MR) is 111 cm³/mol. The summed E-state index contributed by atoms with van der Waals surface area (Å²) >= 11 is -4.07. The van der Waals surface area contributed by atoms with Crippen molar-refractivity contribution in [2.75, 3.05) is 0 Å². The van der Waals surface area contributed by atoms with Crippen LogP contribution in [0, 0.1) is 0 Å². The van der Waals surface area contributed by atoms with Crippen LogP contribution in [0.15, 0.2) is 72.8 Å². The van der Waals surface area contributed by atoms with Crippen molar-refractivity contribution in [1.82, 2.24) is 0 Å². The quantitative estimate of drug-likeness (QED) is 0.196. The molecule has 4 rings (SSSR count). The molecule has 0 aliphatic rings. The summed E-state index contributed by atoms with van der Waals surface area (Å²) in [6, 6.07) is 20.6. The average molecular weight is 473 g/mol. The number of ether oxygens (including phenoxy) is 1. The number of hydrogen-bond donors (Lipinski definition) is 1. The summed E-state index contributed by atoms with van der Waals surface area (Å²) in [5, 5.41) is -3.06. The maximum Gasteiger partial charge on any atom is 0.432 e. The van der Waals surface area contributed by atoms with Gasteiger partial charge < -0.3 is 9.29 Å². The molecule has 0 spiro atoms. The summed E-state index contributed by atoms with van der Waals surface area (Å²) in [6.45, 7) is 0. The molecule has 0 fully saturated rings. The normalized spacial score (nSPS) is 14.6. The Labute approximate surface area is 178 Å². The van der Waals surface area contributed by atoms with Crippen molar-refractivity contribution in [2.45, 2.75) is 17.5 Å². The highest BCUT2D eigenvalue weighted by Gasteiger charge is 2.62. The van der Waals surface area contributed by atoms with Crippen LogP contribution in [-0.2, 0) is 11.1 Å². The highest BCUT2D eigenvalue weighted by Crippen LogP contribution is 2.49. The van der Waals surface area contributed by atoms with Gasteiger partial charge >= 0.3 is 11.4 Å². The molecule has 1 N–H and O–H groups in total. The highest BCUT2D eigenvalue weighted by molar-refractivity contribution is 7.80. The number of halogens is 5. The molecule has 31 heavy (non-hydrogen) atoms. The second kappa shape index (κ2) is 7.85. The number of rotatable bonds is 5. The van der Waals surface area contributed by atoms with E-state index in [1.807, 2.05) is 48.5 Å². The van der Waals surface area contributed by atoms with Crippen molar-refractivity contribution in [3.8, 4) is 10.6 Å². The van der Waals surface area contributed by atoms with Gasteiger partial charge in [0.05, 0.1) is 0 Å². The molecule has 0 aliphatic heterocycles. The van der Waals surface area contributed by atoms with Gasteiger partial charge in [0.2, 0.25) is 11.1 Å². The minimum Gasteiger partial charge on any atom is -0.473 e. The molecular weight excluding hydrogens is 459 g/mol. The predicted octanol–water partition coefficient (Wildman–Crippen LogP) is 6.86. The van der Waals surface area contributed by atoms with Gasteiger partial charge in [-0.05, 0) is 36.4 Å². The molecule has 0 amide bonds. The van der Waals surface area contributed by atoms with E-state index in [9.17, 15) is 26.2 Å². The van der Waals surface area contributed by atoms with E-state index in [2.05, 4.69) is 4.74 Å². The van der Waals surface area contributed by atoms with Gasteiger partial charge in [-0.1, -0.05) is 30.3 Å². The van der Waals surface area contributed by atoms with Crippen molar-refractivity contribution < 1.29 is 35.5 Å². The van der Waals surface area contributed by atoms with Crippen LogP contribution >= 0.6 is 10.5 Å². The van der Waals surface area contributed by atoms with Crippen LogP contribution < -0.4 is 4.74 Å². The summed E-state index contributed by atoms with van der Waals surface area (Å²) in [6.07, 6.45) is -9.33. The standard InChI is InChI=1S/C21H13F5O3S2/c22-20(23,24)19(21(25,26)31(27)28)29-13-6-5-7-14(12-13)30-17-10-3-1-8-15(17)16-9-2-4-11-18(16)30/h1-12,19H/p+1. The zero-order chi connectivity index (χ0) is 22.4. The maximum absolute atomic E-state index is 13.8. The first kappa shape index (κ1) is 21.7. The summed E-state index contributed by atoms with van der Waals surface area (Å²) in [7, 11) is -0.675. The van der Waals surface area contributed by atoms with Crippen molar-refractivity contribution >= 4 is 41.7 Å². The number of fused-ring (bicyclic) bond motifs is 3. The Morgan fingerprint density at radius 2 is 1.39 bits per heavy atom. The molecule has 0 radical (unpaired) electrons. The van der Waals surface area contributed by atoms with Crippen molar-refractivity contribution in [3.05, 3.63) is 72.8 Å². The molecule has 162 valence electrons. The molecule has 0 saturated carbocycles. The van der Waals surface area contributed by atoms with E-state index in [0.29, 0.717) is 4.90 Å². The molecule has 2 atom stereocenters. The first-order valence-electron chi connectivity index (χ1n) is 8.85. The largest absolute Gasteiger partial charge is 0.473 e. The Morgan fingerprint density at radius 1 is 0.839 bits per heavy atom. The van der Waals surface area contributed by atoms with E-state index in [4.69, 9.17) is 4.55 Å². The van der Waals surface area contributed by atoms with Gasteiger partial charge in [-0.3, -0.25) is 0 Å². The van der Waals surface area contributed by atoms with Gasteiger partial charge in [0, 0.05) is 27.3 Å². The van der Waals surface area contributed by atoms with Gasteiger partial charge in [-0.2, -0.15) is 22.0 Å². The molecule has 0 bridgehead atoms. The molecule has 3 aromatic carbocycles. The molecule has 1 heterocycles. The summed E-state index contributed by atoms with van der Waals surface area (Å²) in [5.41, 5.74) is 0. The summed E-state index contributed by atoms with van der Waals surface area (Å²) in [4.78, 5) is 0.573. The Bertz CT molecular complexity index is 1230. The van der Waals surface area contributed by atoms with Crippen LogP contribution in [-0.4, -0.2) is 26.3 Å². The van der Waals surface area contributed by atoms with Crippen LogP contribution in [0.1, 0.15) is 0 Å². The maximum atomic E-state index is 13.8. The van der Waals surface area contributed by atoms with Gasteiger partial charge in [0.1, 0.15) is 5.75 Å². The van der Waals surface area contributed by atoms with Crippen LogP contribution in [0.5, 0.6) is 5.75 Å². The average Bonchev–Trinajstić information content (AvgIpc) is 3.06. The summed E-state index contributed by atoms with van der Waals surface area (Å²) < 4.78 is 93.2. The Kier molecular flexibility index (Phi) is 5.48. The lowest BCUT2D eigenvalue weighted by Gasteiger charge is -2.26. The third-order valence-corrected chi connectivity index (χ3v) is 7.63. The van der Waals surface area contributed by atoms with Crippen LogP contribution in [0.3, 0.4) is 0 Å². The van der Waals surface area contributed by atoms with Crippen molar-refractivity contribution in [2.24, 2.45) is 0 Å². The fraction of sp³-hybridized carbons (Fsp3) is 0.143. The first-order chi connectivity index (χ1) is 14.6. The monoisotopic (exact) mass is 473 g/mol. The lowest BCUT2D eigenvalue weighted by molar-refractivity contribution is -0.237. The van der Waals surface area contributed by atoms with Crippen LogP contribution in [0.4, 0.5) is 22.0 Å². The minimum atomic E-state index is -5.56. The third kappa shape index (κ3) is 3.90. The number of alkyl halides is 5. The topological polar surface area (TPSA) is 46.5 Å². The fourth-order valence-electron chi connectivity index (χ4n) is 3.33. The van der Waals surface area contributed by atoms with Gasteiger partial charge in [-0.15, -0.1) is 0 Å².